The first-order valence-electron chi connectivity index (χ1n) is 9.39. The van der Waals surface area contributed by atoms with Gasteiger partial charge >= 0.3 is 0 Å². The van der Waals surface area contributed by atoms with Crippen LogP contribution >= 0.6 is 34.5 Å². The molecule has 0 aliphatic rings. The van der Waals surface area contributed by atoms with Crippen LogP contribution in [0.15, 0.2) is 35.7 Å². The molecule has 9 nitrogen and oxygen atoms in total. The van der Waals surface area contributed by atoms with Crippen LogP contribution in [0.1, 0.15) is 16.9 Å². The third-order valence-electron chi connectivity index (χ3n) is 4.44. The average Bonchev–Trinajstić information content (AvgIpc) is 3.21. The molecule has 0 saturated heterocycles. The first kappa shape index (κ1) is 25.6. The molecule has 0 aliphatic heterocycles. The molecule has 12 heteroatoms. The molecular formula is C20H22Cl2N4O5S. The Labute approximate surface area is 198 Å². The lowest BCUT2D eigenvalue weighted by Crippen LogP contribution is -2.54. The number of benzene rings is 1. The number of hydrogen-bond acceptors (Lipinski definition) is 6. The standard InChI is InChI=1S/C20H22Cl2N4O5S/c21-11-4-3-10(13(22)7-11)6-14(18(23)29)26-20(31)15(8-12-2-1-5-32-12)25-17(28)9-16(27)19(24)30/h1-5,7,14-16,27H,6,8-9H2,(H2,23,29)(H2,24,30)(H,25,28)(H,26,31)/t14-,15+,16+/m0/s1. The van der Waals surface area contributed by atoms with Crippen molar-refractivity contribution < 1.29 is 24.3 Å². The fourth-order valence-corrected chi connectivity index (χ4v) is 4.01. The molecule has 0 radical (unpaired) electrons. The molecule has 32 heavy (non-hydrogen) atoms. The molecule has 7 N–H and O–H groups in total. The normalized spacial score (nSPS) is 13.6. The molecular weight excluding hydrogens is 479 g/mol. The quantitative estimate of drug-likeness (QED) is 0.303. The zero-order valence-corrected chi connectivity index (χ0v) is 19.0. The minimum Gasteiger partial charge on any atom is -0.383 e. The second kappa shape index (κ2) is 11.8. The Morgan fingerprint density at radius 1 is 1.00 bits per heavy atom. The van der Waals surface area contributed by atoms with Gasteiger partial charge in [0, 0.05) is 27.8 Å². The summed E-state index contributed by atoms with van der Waals surface area (Å²) in [5.74, 6) is -3.29. The highest BCUT2D eigenvalue weighted by Crippen LogP contribution is 2.22. The van der Waals surface area contributed by atoms with E-state index in [2.05, 4.69) is 10.6 Å². The lowest BCUT2D eigenvalue weighted by atomic mass is 10.0. The molecule has 2 rings (SSSR count). The third-order valence-corrected chi connectivity index (χ3v) is 5.93. The van der Waals surface area contributed by atoms with E-state index in [4.69, 9.17) is 34.7 Å². The van der Waals surface area contributed by atoms with E-state index in [1.807, 2.05) is 0 Å². The van der Waals surface area contributed by atoms with Crippen molar-refractivity contribution in [2.45, 2.75) is 37.5 Å². The SMILES string of the molecule is NC(=O)[C@H](O)CC(=O)N[C@H](Cc1cccs1)C(=O)N[C@@H](Cc1ccc(Cl)cc1Cl)C(N)=O. The molecule has 3 atom stereocenters. The first-order chi connectivity index (χ1) is 15.1. The minimum absolute atomic E-state index is 0.0110. The second-order valence-corrected chi connectivity index (χ2v) is 8.81. The number of primary amides is 2. The summed E-state index contributed by atoms with van der Waals surface area (Å²) < 4.78 is 0. The first-order valence-corrected chi connectivity index (χ1v) is 11.0. The van der Waals surface area contributed by atoms with Crippen molar-refractivity contribution >= 4 is 58.2 Å². The van der Waals surface area contributed by atoms with Gasteiger partial charge in [-0.25, -0.2) is 0 Å². The Morgan fingerprint density at radius 2 is 1.72 bits per heavy atom. The van der Waals surface area contributed by atoms with Crippen LogP contribution in [0.3, 0.4) is 0 Å². The number of aliphatic hydroxyl groups excluding tert-OH is 1. The summed E-state index contributed by atoms with van der Waals surface area (Å²) in [4.78, 5) is 48.9. The maximum Gasteiger partial charge on any atom is 0.246 e. The van der Waals surface area contributed by atoms with Crippen LogP contribution in [-0.2, 0) is 32.0 Å². The molecule has 0 aliphatic carbocycles. The summed E-state index contributed by atoms with van der Waals surface area (Å²) in [6, 6.07) is 6.05. The van der Waals surface area contributed by atoms with Gasteiger partial charge in [-0.05, 0) is 29.1 Å². The van der Waals surface area contributed by atoms with E-state index in [0.717, 1.165) is 4.88 Å². The van der Waals surface area contributed by atoms with Crippen LogP contribution in [0.25, 0.3) is 0 Å². The van der Waals surface area contributed by atoms with Gasteiger partial charge in [0.05, 0.1) is 6.42 Å². The zero-order valence-electron chi connectivity index (χ0n) is 16.7. The highest BCUT2D eigenvalue weighted by Gasteiger charge is 2.28. The van der Waals surface area contributed by atoms with Crippen molar-refractivity contribution in [2.24, 2.45) is 11.5 Å². The van der Waals surface area contributed by atoms with Crippen LogP contribution in [-0.4, -0.2) is 46.9 Å². The molecule has 0 spiro atoms. The molecule has 0 fully saturated rings. The lowest BCUT2D eigenvalue weighted by Gasteiger charge is -2.22. The summed E-state index contributed by atoms with van der Waals surface area (Å²) in [6.07, 6.45) is -2.17. The molecule has 172 valence electrons. The Hall–Kier alpha value is -2.66. The highest BCUT2D eigenvalue weighted by atomic mass is 35.5. The van der Waals surface area contributed by atoms with Crippen LogP contribution in [0.2, 0.25) is 10.0 Å². The largest absolute Gasteiger partial charge is 0.383 e. The van der Waals surface area contributed by atoms with E-state index < -0.39 is 48.2 Å². The van der Waals surface area contributed by atoms with E-state index >= 15 is 0 Å². The van der Waals surface area contributed by atoms with Crippen molar-refractivity contribution in [3.63, 3.8) is 0 Å². The number of carbonyl (C=O) groups excluding carboxylic acids is 4. The minimum atomic E-state index is -1.69. The van der Waals surface area contributed by atoms with Crippen molar-refractivity contribution in [2.75, 3.05) is 0 Å². The lowest BCUT2D eigenvalue weighted by molar-refractivity contribution is -0.134. The molecule has 0 saturated carbocycles. The molecule has 4 amide bonds. The third kappa shape index (κ3) is 7.79. The van der Waals surface area contributed by atoms with Crippen molar-refractivity contribution in [3.8, 4) is 0 Å². The number of amides is 4. The Balaban J connectivity index is 2.15. The maximum atomic E-state index is 12.9. The van der Waals surface area contributed by atoms with Gasteiger partial charge in [0.25, 0.3) is 0 Å². The van der Waals surface area contributed by atoms with Gasteiger partial charge in [0.1, 0.15) is 18.2 Å². The van der Waals surface area contributed by atoms with Gasteiger partial charge < -0.3 is 27.2 Å². The number of nitrogens with one attached hydrogen (secondary N) is 2. The molecule has 0 bridgehead atoms. The Bertz CT molecular complexity index is 986. The summed E-state index contributed by atoms with van der Waals surface area (Å²) in [6.45, 7) is 0. The number of rotatable bonds is 11. The van der Waals surface area contributed by atoms with Crippen LogP contribution < -0.4 is 22.1 Å². The van der Waals surface area contributed by atoms with E-state index in [-0.39, 0.29) is 12.8 Å². The predicted octanol–water partition coefficient (Wildman–Crippen LogP) is 0.531. The Kier molecular flexibility index (Phi) is 9.45. The van der Waals surface area contributed by atoms with E-state index in [1.165, 1.54) is 17.4 Å². The molecule has 1 aromatic heterocycles. The fourth-order valence-electron chi connectivity index (χ4n) is 2.77. The topological polar surface area (TPSA) is 165 Å². The number of thiophene rings is 1. The zero-order chi connectivity index (χ0) is 23.8. The number of nitrogens with two attached hydrogens (primary N) is 2. The van der Waals surface area contributed by atoms with Gasteiger partial charge in [-0.15, -0.1) is 11.3 Å². The summed E-state index contributed by atoms with van der Waals surface area (Å²) in [5.41, 5.74) is 11.0. The van der Waals surface area contributed by atoms with Gasteiger partial charge in [-0.3, -0.25) is 19.2 Å². The molecule has 1 aromatic carbocycles. The monoisotopic (exact) mass is 500 g/mol. The van der Waals surface area contributed by atoms with Crippen molar-refractivity contribution in [3.05, 3.63) is 56.2 Å². The fraction of sp³-hybridized carbons (Fsp3) is 0.300. The smallest absolute Gasteiger partial charge is 0.246 e. The van der Waals surface area contributed by atoms with E-state index in [9.17, 15) is 24.3 Å². The average molecular weight is 501 g/mol. The van der Waals surface area contributed by atoms with Gasteiger partial charge in [-0.1, -0.05) is 35.3 Å². The molecule has 2 aromatic rings. The summed E-state index contributed by atoms with van der Waals surface area (Å²) in [5, 5.41) is 17.0. The van der Waals surface area contributed by atoms with Gasteiger partial charge in [0.15, 0.2) is 0 Å². The van der Waals surface area contributed by atoms with Crippen molar-refractivity contribution in [1.29, 1.82) is 0 Å². The molecule has 1 heterocycles. The number of halogens is 2. The van der Waals surface area contributed by atoms with E-state index in [0.29, 0.717) is 15.6 Å². The van der Waals surface area contributed by atoms with Crippen LogP contribution in [0.5, 0.6) is 0 Å². The van der Waals surface area contributed by atoms with Crippen molar-refractivity contribution in [1.82, 2.24) is 10.6 Å². The number of carbonyl (C=O) groups is 4. The number of hydrogen-bond donors (Lipinski definition) is 5. The second-order valence-electron chi connectivity index (χ2n) is 6.93. The van der Waals surface area contributed by atoms with Gasteiger partial charge in [0.2, 0.25) is 23.6 Å². The molecule has 0 unspecified atom stereocenters. The summed E-state index contributed by atoms with van der Waals surface area (Å²) >= 11 is 13.4. The summed E-state index contributed by atoms with van der Waals surface area (Å²) in [7, 11) is 0. The van der Waals surface area contributed by atoms with E-state index in [1.54, 1.807) is 29.6 Å². The number of aliphatic hydroxyl groups is 1. The highest BCUT2D eigenvalue weighted by molar-refractivity contribution is 7.09. The van der Waals surface area contributed by atoms with Crippen LogP contribution in [0.4, 0.5) is 0 Å². The predicted molar refractivity (Wildman–Crippen MR) is 121 cm³/mol. The van der Waals surface area contributed by atoms with Crippen LogP contribution in [0, 0.1) is 0 Å². The Morgan fingerprint density at radius 3 is 2.28 bits per heavy atom. The maximum absolute atomic E-state index is 12.9. The van der Waals surface area contributed by atoms with Gasteiger partial charge in [-0.2, -0.15) is 0 Å².